The molecule has 0 aliphatic carbocycles. The number of aromatic nitrogens is 2. The number of halogens is 6. The van der Waals surface area contributed by atoms with Gasteiger partial charge in [0, 0.05) is 37.8 Å². The van der Waals surface area contributed by atoms with Crippen LogP contribution in [-0.2, 0) is 20.9 Å². The molecule has 1 spiro atoms. The van der Waals surface area contributed by atoms with Crippen LogP contribution in [0, 0.1) is 13.8 Å². The van der Waals surface area contributed by atoms with Crippen LogP contribution >= 0.6 is 0 Å². The van der Waals surface area contributed by atoms with Gasteiger partial charge in [-0.3, -0.25) is 4.90 Å². The Morgan fingerprint density at radius 3 is 2.21 bits per heavy atom. The maximum Gasteiger partial charge on any atom is 0.490 e. The Morgan fingerprint density at radius 2 is 1.74 bits per heavy atom. The monoisotopic (exact) mass is 556 g/mol. The third kappa shape index (κ3) is 9.16. The van der Waals surface area contributed by atoms with Gasteiger partial charge in [0.25, 0.3) is 0 Å². The van der Waals surface area contributed by atoms with E-state index in [-0.39, 0.29) is 5.60 Å². The van der Waals surface area contributed by atoms with Gasteiger partial charge in [-0.25, -0.2) is 14.6 Å². The van der Waals surface area contributed by atoms with Crippen molar-refractivity contribution < 1.29 is 55.4 Å². The predicted molar refractivity (Wildman–Crippen MR) is 118 cm³/mol. The lowest BCUT2D eigenvalue weighted by Crippen LogP contribution is -2.33. The molecule has 16 heteroatoms. The number of carbonyl (C=O) groups is 2. The molecule has 4 heterocycles. The molecule has 4 rings (SSSR count). The summed E-state index contributed by atoms with van der Waals surface area (Å²) >= 11 is 0. The number of pyridine rings is 1. The summed E-state index contributed by atoms with van der Waals surface area (Å²) in [5.41, 5.74) is 2.19. The maximum absolute atomic E-state index is 10.6. The summed E-state index contributed by atoms with van der Waals surface area (Å²) in [6, 6.07) is 6.27. The Morgan fingerprint density at radius 1 is 1.13 bits per heavy atom. The largest absolute Gasteiger partial charge is 0.490 e. The van der Waals surface area contributed by atoms with E-state index in [0.717, 1.165) is 56.4 Å². The summed E-state index contributed by atoms with van der Waals surface area (Å²) in [5.74, 6) is -3.66. The summed E-state index contributed by atoms with van der Waals surface area (Å²) in [6.45, 7) is 7.66. The molecule has 2 unspecified atom stereocenters. The first-order chi connectivity index (χ1) is 17.5. The number of rotatable bonds is 4. The molecule has 2 aliphatic heterocycles. The Bertz CT molecular complexity index is 1040. The maximum atomic E-state index is 10.6. The molecular formula is C22H26F6N4O6. The number of likely N-dealkylation sites (tertiary alicyclic amines) is 1. The van der Waals surface area contributed by atoms with E-state index < -0.39 is 24.3 Å². The van der Waals surface area contributed by atoms with Gasteiger partial charge in [-0.2, -0.15) is 26.3 Å². The molecule has 10 nitrogen and oxygen atoms in total. The number of aryl methyl sites for hydroxylation is 2. The molecule has 2 fully saturated rings. The number of carboxylic acid groups (broad SMARTS) is 2. The third-order valence-corrected chi connectivity index (χ3v) is 5.67. The predicted octanol–water partition coefficient (Wildman–Crippen LogP) is 3.80. The van der Waals surface area contributed by atoms with Gasteiger partial charge < -0.3 is 24.8 Å². The van der Waals surface area contributed by atoms with E-state index in [1.54, 1.807) is 0 Å². The van der Waals surface area contributed by atoms with E-state index in [0.29, 0.717) is 6.04 Å². The van der Waals surface area contributed by atoms with Crippen LogP contribution in [0.3, 0.4) is 0 Å². The average Bonchev–Trinajstić information content (AvgIpc) is 3.49. The lowest BCUT2D eigenvalue weighted by atomic mass is 9.97. The molecule has 2 aliphatic rings. The zero-order chi connectivity index (χ0) is 28.7. The molecular weight excluding hydrogens is 530 g/mol. The average molecular weight is 556 g/mol. The van der Waals surface area contributed by atoms with Crippen molar-refractivity contribution in [3.05, 3.63) is 41.4 Å². The summed E-state index contributed by atoms with van der Waals surface area (Å²) in [7, 11) is 0. The zero-order valence-electron chi connectivity index (χ0n) is 20.3. The van der Waals surface area contributed by atoms with Gasteiger partial charge in [0.2, 0.25) is 0 Å². The fourth-order valence-electron chi connectivity index (χ4n) is 3.89. The minimum absolute atomic E-state index is 0.0224. The molecule has 3 N–H and O–H groups in total. The van der Waals surface area contributed by atoms with Crippen LogP contribution in [0.25, 0.3) is 0 Å². The van der Waals surface area contributed by atoms with Crippen LogP contribution in [0.1, 0.15) is 29.9 Å². The molecule has 212 valence electrons. The molecule has 0 aromatic carbocycles. The van der Waals surface area contributed by atoms with Gasteiger partial charge in [0.1, 0.15) is 11.6 Å². The minimum atomic E-state index is -5.08. The Hall–Kier alpha value is -3.40. The van der Waals surface area contributed by atoms with E-state index in [2.05, 4.69) is 20.4 Å². The van der Waals surface area contributed by atoms with Crippen LogP contribution in [0.2, 0.25) is 0 Å². The second-order valence-electron chi connectivity index (χ2n) is 8.62. The first-order valence-corrected chi connectivity index (χ1v) is 11.1. The van der Waals surface area contributed by atoms with Crippen LogP contribution in [0.5, 0.6) is 0 Å². The number of alkyl halides is 6. The third-order valence-electron chi connectivity index (χ3n) is 5.67. The normalized spacial score (nSPS) is 21.3. The van der Waals surface area contributed by atoms with Gasteiger partial charge in [-0.05, 0) is 32.4 Å². The van der Waals surface area contributed by atoms with Crippen molar-refractivity contribution in [3.8, 4) is 0 Å². The van der Waals surface area contributed by atoms with Gasteiger partial charge >= 0.3 is 24.3 Å². The highest BCUT2D eigenvalue weighted by Crippen LogP contribution is 2.37. The zero-order valence-corrected chi connectivity index (χ0v) is 20.3. The van der Waals surface area contributed by atoms with Crippen molar-refractivity contribution in [3.63, 3.8) is 0 Å². The molecule has 2 saturated heterocycles. The highest BCUT2D eigenvalue weighted by molar-refractivity contribution is 5.73. The number of hydrogen-bond donors (Lipinski definition) is 3. The fraction of sp³-hybridized carbons (Fsp3) is 0.545. The van der Waals surface area contributed by atoms with E-state index in [9.17, 15) is 26.3 Å². The molecule has 2 aromatic rings. The molecule has 2 aromatic heterocycles. The number of anilines is 1. The lowest BCUT2D eigenvalue weighted by molar-refractivity contribution is -0.193. The van der Waals surface area contributed by atoms with Crippen molar-refractivity contribution in [2.45, 2.75) is 57.2 Å². The van der Waals surface area contributed by atoms with Crippen molar-refractivity contribution in [1.29, 1.82) is 0 Å². The second-order valence-corrected chi connectivity index (χ2v) is 8.62. The summed E-state index contributed by atoms with van der Waals surface area (Å²) in [6.07, 6.45) is -6.24. The molecule has 0 saturated carbocycles. The van der Waals surface area contributed by atoms with E-state index in [4.69, 9.17) is 29.1 Å². The first-order valence-electron chi connectivity index (χ1n) is 11.1. The quantitative estimate of drug-likeness (QED) is 0.477. The minimum Gasteiger partial charge on any atom is -0.475 e. The number of nitrogens with one attached hydrogen (secondary N) is 1. The standard InChI is InChI=1S/C18H24N4O2.2C2HF3O2/c1-13-16(14(2)24-21-13)10-22-8-6-18(12-22)9-15(11-23-18)20-17-5-3-4-7-19-17;2*3-2(4,5)1(6)7/h3-5,7,15H,6,8-12H2,1-2H3,(H,19,20);2*(H,6,7). The summed E-state index contributed by atoms with van der Waals surface area (Å²) in [4.78, 5) is 24.6. The smallest absolute Gasteiger partial charge is 0.475 e. The summed E-state index contributed by atoms with van der Waals surface area (Å²) in [5, 5.41) is 21.8. The number of carboxylic acids is 2. The van der Waals surface area contributed by atoms with Gasteiger partial charge in [-0.1, -0.05) is 11.2 Å². The fourth-order valence-corrected chi connectivity index (χ4v) is 3.89. The molecule has 0 bridgehead atoms. The second kappa shape index (κ2) is 12.4. The number of ether oxygens (including phenoxy) is 1. The van der Waals surface area contributed by atoms with Crippen LogP contribution < -0.4 is 5.32 Å². The highest BCUT2D eigenvalue weighted by atomic mass is 19.4. The van der Waals surface area contributed by atoms with Crippen molar-refractivity contribution in [1.82, 2.24) is 15.0 Å². The van der Waals surface area contributed by atoms with E-state index >= 15 is 0 Å². The van der Waals surface area contributed by atoms with Crippen LogP contribution in [-0.4, -0.2) is 80.9 Å². The van der Waals surface area contributed by atoms with Crippen LogP contribution in [0.15, 0.2) is 28.9 Å². The van der Waals surface area contributed by atoms with Crippen LogP contribution in [0.4, 0.5) is 32.2 Å². The molecule has 2 atom stereocenters. The molecule has 0 amide bonds. The first kappa shape index (κ1) is 30.8. The Balaban J connectivity index is 0.000000301. The Labute approximate surface area is 212 Å². The van der Waals surface area contributed by atoms with Gasteiger partial charge in [0.15, 0.2) is 0 Å². The summed E-state index contributed by atoms with van der Waals surface area (Å²) < 4.78 is 75.0. The van der Waals surface area contributed by atoms with E-state index in [1.807, 2.05) is 38.2 Å². The number of hydrogen-bond acceptors (Lipinski definition) is 8. The van der Waals surface area contributed by atoms with Crippen molar-refractivity contribution in [2.24, 2.45) is 0 Å². The number of aliphatic carboxylic acids is 2. The van der Waals surface area contributed by atoms with E-state index in [1.165, 1.54) is 5.56 Å². The van der Waals surface area contributed by atoms with Gasteiger partial charge in [0.05, 0.1) is 23.9 Å². The topological polar surface area (TPSA) is 138 Å². The SMILES string of the molecule is Cc1noc(C)c1CN1CCC2(CC(Nc3ccccn3)CO2)C1.O=C(O)C(F)(F)F.O=C(O)C(F)(F)F. The highest BCUT2D eigenvalue weighted by Gasteiger charge is 2.45. The number of nitrogens with zero attached hydrogens (tertiary/aromatic N) is 3. The molecule has 38 heavy (non-hydrogen) atoms. The lowest BCUT2D eigenvalue weighted by Gasteiger charge is -2.23. The molecule has 0 radical (unpaired) electrons. The van der Waals surface area contributed by atoms with Crippen molar-refractivity contribution in [2.75, 3.05) is 25.0 Å². The van der Waals surface area contributed by atoms with Crippen molar-refractivity contribution >= 4 is 17.8 Å². The van der Waals surface area contributed by atoms with Gasteiger partial charge in [-0.15, -0.1) is 0 Å². The Kier molecular flexibility index (Phi) is 10.1.